The predicted octanol–water partition coefficient (Wildman–Crippen LogP) is 3.22. The van der Waals surface area contributed by atoms with Gasteiger partial charge in [0.05, 0.1) is 7.11 Å². The maximum atomic E-state index is 13.4. The minimum absolute atomic E-state index is 0.212. The summed E-state index contributed by atoms with van der Waals surface area (Å²) in [7, 11) is 1.50. The molecule has 0 aliphatic carbocycles. The molecule has 0 aromatic heterocycles. The number of nitrogens with zero attached hydrogens (tertiary/aromatic N) is 1. The van der Waals surface area contributed by atoms with E-state index < -0.39 is 0 Å². The summed E-state index contributed by atoms with van der Waals surface area (Å²) >= 11 is 0. The van der Waals surface area contributed by atoms with Crippen LogP contribution in [-0.2, 0) is 0 Å². The Hall–Kier alpha value is -1.13. The molecular weight excluding hydrogens is 267 g/mol. The Morgan fingerprint density at radius 1 is 1.38 bits per heavy atom. The van der Waals surface area contributed by atoms with Crippen LogP contribution in [0.3, 0.4) is 0 Å². The van der Waals surface area contributed by atoms with Crippen molar-refractivity contribution in [3.63, 3.8) is 0 Å². The quantitative estimate of drug-likeness (QED) is 0.872. The number of methoxy groups -OCH3 is 1. The van der Waals surface area contributed by atoms with Gasteiger partial charge in [0.1, 0.15) is 0 Å². The molecule has 118 valence electrons. The second-order valence-electron chi connectivity index (χ2n) is 5.90. The molecule has 1 saturated heterocycles. The van der Waals surface area contributed by atoms with E-state index in [4.69, 9.17) is 4.74 Å². The highest BCUT2D eigenvalue weighted by molar-refractivity contribution is 5.31. The Labute approximate surface area is 127 Å². The number of hydrogen-bond acceptors (Lipinski definition) is 3. The molecule has 1 aromatic rings. The third-order valence-electron chi connectivity index (χ3n) is 4.54. The molecule has 1 aliphatic rings. The van der Waals surface area contributed by atoms with Crippen molar-refractivity contribution in [2.24, 2.45) is 5.92 Å². The normalized spacial score (nSPS) is 18.7. The number of halogens is 1. The number of rotatable bonds is 6. The Bertz CT molecular complexity index is 444. The molecule has 0 radical (unpaired) electrons. The second kappa shape index (κ2) is 7.76. The molecule has 0 spiro atoms. The lowest BCUT2D eigenvalue weighted by molar-refractivity contribution is 0.188. The lowest BCUT2D eigenvalue weighted by atomic mass is 9.96. The fourth-order valence-corrected chi connectivity index (χ4v) is 2.91. The predicted molar refractivity (Wildman–Crippen MR) is 84.2 cm³/mol. The third-order valence-corrected chi connectivity index (χ3v) is 4.54. The molecule has 0 saturated carbocycles. The van der Waals surface area contributed by atoms with Crippen LogP contribution in [0, 0.1) is 11.7 Å². The highest BCUT2D eigenvalue weighted by Gasteiger charge is 2.18. The average molecular weight is 294 g/mol. The number of benzene rings is 1. The monoisotopic (exact) mass is 294 g/mol. The Morgan fingerprint density at radius 2 is 2.10 bits per heavy atom. The van der Waals surface area contributed by atoms with Gasteiger partial charge in [0, 0.05) is 6.04 Å². The molecule has 1 aromatic carbocycles. The van der Waals surface area contributed by atoms with E-state index in [1.165, 1.54) is 39.1 Å². The van der Waals surface area contributed by atoms with Crippen LogP contribution in [0.2, 0.25) is 0 Å². The summed E-state index contributed by atoms with van der Waals surface area (Å²) in [5, 5.41) is 3.58. The third kappa shape index (κ3) is 4.42. The molecule has 0 bridgehead atoms. The van der Waals surface area contributed by atoms with Crippen LogP contribution in [-0.4, -0.2) is 38.2 Å². The first-order valence-electron chi connectivity index (χ1n) is 7.93. The molecule has 3 nitrogen and oxygen atoms in total. The van der Waals surface area contributed by atoms with Gasteiger partial charge in [0.2, 0.25) is 0 Å². The van der Waals surface area contributed by atoms with Crippen LogP contribution in [0.15, 0.2) is 18.2 Å². The lowest BCUT2D eigenvalue weighted by Gasteiger charge is -2.31. The van der Waals surface area contributed by atoms with E-state index in [1.54, 1.807) is 6.07 Å². The van der Waals surface area contributed by atoms with Crippen molar-refractivity contribution in [1.82, 2.24) is 10.2 Å². The number of likely N-dealkylation sites (tertiary alicyclic amines) is 1. The van der Waals surface area contributed by atoms with Gasteiger partial charge in [0.25, 0.3) is 0 Å². The summed E-state index contributed by atoms with van der Waals surface area (Å²) < 4.78 is 18.5. The van der Waals surface area contributed by atoms with E-state index >= 15 is 0 Å². The minimum atomic E-state index is -0.305. The Balaban J connectivity index is 1.83. The maximum absolute atomic E-state index is 13.4. The average Bonchev–Trinajstić information content (AvgIpc) is 2.53. The molecule has 1 fully saturated rings. The van der Waals surface area contributed by atoms with E-state index in [0.717, 1.165) is 24.6 Å². The summed E-state index contributed by atoms with van der Waals surface area (Å²) in [6.07, 6.45) is 2.53. The number of hydrogen-bond donors (Lipinski definition) is 1. The Kier molecular flexibility index (Phi) is 6.00. The van der Waals surface area contributed by atoms with Gasteiger partial charge in [-0.05, 0) is 69.6 Å². The van der Waals surface area contributed by atoms with Crippen LogP contribution >= 0.6 is 0 Å². The van der Waals surface area contributed by atoms with Crippen molar-refractivity contribution in [3.8, 4) is 5.75 Å². The second-order valence-corrected chi connectivity index (χ2v) is 5.90. The first-order chi connectivity index (χ1) is 10.1. The Morgan fingerprint density at radius 3 is 2.71 bits per heavy atom. The zero-order valence-corrected chi connectivity index (χ0v) is 13.4. The molecule has 1 atom stereocenters. The molecule has 2 rings (SSSR count). The molecule has 1 N–H and O–H groups in total. The van der Waals surface area contributed by atoms with Gasteiger partial charge in [-0.3, -0.25) is 0 Å². The van der Waals surface area contributed by atoms with E-state index in [1.807, 2.05) is 6.07 Å². The largest absolute Gasteiger partial charge is 0.494 e. The molecule has 1 heterocycles. The summed E-state index contributed by atoms with van der Waals surface area (Å²) in [5.74, 6) is 0.760. The first-order valence-corrected chi connectivity index (χ1v) is 7.93. The van der Waals surface area contributed by atoms with Crippen LogP contribution in [0.5, 0.6) is 5.75 Å². The lowest BCUT2D eigenvalue weighted by Crippen LogP contribution is -2.37. The molecule has 0 amide bonds. The number of ether oxygens (including phenoxy) is 1. The zero-order chi connectivity index (χ0) is 15.2. The summed E-state index contributed by atoms with van der Waals surface area (Å²) in [4.78, 5) is 2.50. The van der Waals surface area contributed by atoms with Gasteiger partial charge in [-0.15, -0.1) is 0 Å². The van der Waals surface area contributed by atoms with Crippen molar-refractivity contribution in [2.45, 2.75) is 32.7 Å². The summed E-state index contributed by atoms with van der Waals surface area (Å²) in [6, 6.07) is 5.30. The minimum Gasteiger partial charge on any atom is -0.494 e. The highest BCUT2D eigenvalue weighted by Crippen LogP contribution is 2.23. The van der Waals surface area contributed by atoms with Gasteiger partial charge >= 0.3 is 0 Å². The van der Waals surface area contributed by atoms with Gasteiger partial charge in [-0.25, -0.2) is 4.39 Å². The van der Waals surface area contributed by atoms with Crippen LogP contribution in [0.25, 0.3) is 0 Å². The van der Waals surface area contributed by atoms with Crippen LogP contribution in [0.4, 0.5) is 4.39 Å². The van der Waals surface area contributed by atoms with Gasteiger partial charge in [0.15, 0.2) is 11.6 Å². The SMILES string of the molecule is CCN1CCC(CNC(C)c2ccc(F)c(OC)c2)CC1. The standard InChI is InChI=1S/C17H27FN2O/c1-4-20-9-7-14(8-10-20)12-19-13(2)15-5-6-16(18)17(11-15)21-3/h5-6,11,13-14,19H,4,7-10,12H2,1-3H3. The van der Waals surface area contributed by atoms with Crippen LogP contribution < -0.4 is 10.1 Å². The fraction of sp³-hybridized carbons (Fsp3) is 0.647. The van der Waals surface area contributed by atoms with Gasteiger partial charge in [-0.1, -0.05) is 13.0 Å². The molecular formula is C17H27FN2O. The van der Waals surface area contributed by atoms with E-state index in [0.29, 0.717) is 5.75 Å². The fourth-order valence-electron chi connectivity index (χ4n) is 2.91. The first kappa shape index (κ1) is 16.2. The van der Waals surface area contributed by atoms with Crippen molar-refractivity contribution in [1.29, 1.82) is 0 Å². The molecule has 1 unspecified atom stereocenters. The van der Waals surface area contributed by atoms with Crippen molar-refractivity contribution in [3.05, 3.63) is 29.6 Å². The number of nitrogens with one attached hydrogen (secondary N) is 1. The highest BCUT2D eigenvalue weighted by atomic mass is 19.1. The van der Waals surface area contributed by atoms with E-state index in [9.17, 15) is 4.39 Å². The molecule has 21 heavy (non-hydrogen) atoms. The number of piperidine rings is 1. The van der Waals surface area contributed by atoms with Crippen molar-refractivity contribution in [2.75, 3.05) is 33.3 Å². The van der Waals surface area contributed by atoms with Crippen molar-refractivity contribution < 1.29 is 9.13 Å². The van der Waals surface area contributed by atoms with E-state index in [-0.39, 0.29) is 11.9 Å². The maximum Gasteiger partial charge on any atom is 0.165 e. The summed E-state index contributed by atoms with van der Waals surface area (Å²) in [6.45, 7) is 8.95. The van der Waals surface area contributed by atoms with Crippen molar-refractivity contribution >= 4 is 0 Å². The van der Waals surface area contributed by atoms with Crippen LogP contribution in [0.1, 0.15) is 38.3 Å². The van der Waals surface area contributed by atoms with E-state index in [2.05, 4.69) is 24.1 Å². The molecule has 4 heteroatoms. The molecule has 1 aliphatic heterocycles. The van der Waals surface area contributed by atoms with Gasteiger partial charge < -0.3 is 15.0 Å². The zero-order valence-electron chi connectivity index (χ0n) is 13.4. The van der Waals surface area contributed by atoms with Gasteiger partial charge in [-0.2, -0.15) is 0 Å². The summed E-state index contributed by atoms with van der Waals surface area (Å²) in [5.41, 5.74) is 1.07. The topological polar surface area (TPSA) is 24.5 Å². The smallest absolute Gasteiger partial charge is 0.165 e.